The van der Waals surface area contributed by atoms with E-state index in [-0.39, 0.29) is 36.0 Å². The molecule has 0 saturated heterocycles. The van der Waals surface area contributed by atoms with Gasteiger partial charge in [-0.25, -0.2) is 0 Å². The lowest BCUT2D eigenvalue weighted by atomic mass is 9.88. The number of hydrogen-bond acceptors (Lipinski definition) is 7. The van der Waals surface area contributed by atoms with Crippen LogP contribution in [0, 0.1) is 5.41 Å². The van der Waals surface area contributed by atoms with Crippen molar-refractivity contribution in [2.75, 3.05) is 52.8 Å². The molecule has 0 spiro atoms. The fourth-order valence-electron chi connectivity index (χ4n) is 4.08. The molecule has 1 heterocycles. The van der Waals surface area contributed by atoms with Gasteiger partial charge >= 0.3 is 0 Å². The molecule has 40 heavy (non-hydrogen) atoms. The van der Waals surface area contributed by atoms with E-state index in [1.165, 1.54) is 6.07 Å². The first kappa shape index (κ1) is 30.8. The quantitative estimate of drug-likeness (QED) is 0.288. The number of benzene rings is 2. The molecule has 216 valence electrons. The van der Waals surface area contributed by atoms with Gasteiger partial charge in [-0.2, -0.15) is 0 Å². The molecule has 10 nitrogen and oxygen atoms in total. The fourth-order valence-corrected chi connectivity index (χ4v) is 4.29. The lowest BCUT2D eigenvalue weighted by Gasteiger charge is -2.26. The molecule has 1 aliphatic rings. The average molecular weight is 572 g/mol. The predicted molar refractivity (Wildman–Crippen MR) is 156 cm³/mol. The number of halogens is 1. The summed E-state index contributed by atoms with van der Waals surface area (Å²) in [5.41, 5.74) is 1.00. The van der Waals surface area contributed by atoms with Gasteiger partial charge in [-0.1, -0.05) is 43.6 Å². The monoisotopic (exact) mass is 571 g/mol. The van der Waals surface area contributed by atoms with Crippen molar-refractivity contribution in [2.45, 2.75) is 26.7 Å². The zero-order valence-corrected chi connectivity index (χ0v) is 24.4. The highest BCUT2D eigenvalue weighted by molar-refractivity contribution is 6.31. The van der Waals surface area contributed by atoms with Crippen LogP contribution in [0.5, 0.6) is 11.5 Å². The van der Waals surface area contributed by atoms with E-state index in [0.29, 0.717) is 54.1 Å². The van der Waals surface area contributed by atoms with Crippen molar-refractivity contribution in [3.8, 4) is 11.5 Å². The Morgan fingerprint density at radius 3 is 2.42 bits per heavy atom. The second kappa shape index (κ2) is 14.0. The average Bonchev–Trinajstić information content (AvgIpc) is 2.91. The van der Waals surface area contributed by atoms with E-state index in [2.05, 4.69) is 21.3 Å². The molecule has 3 amide bonds. The van der Waals surface area contributed by atoms with Crippen molar-refractivity contribution in [3.63, 3.8) is 0 Å². The molecule has 0 aromatic heterocycles. The summed E-state index contributed by atoms with van der Waals surface area (Å²) in [7, 11) is 5.59. The van der Waals surface area contributed by atoms with Gasteiger partial charge in [0.1, 0.15) is 18.9 Å². The number of para-hydroxylation sites is 1. The molecule has 3 rings (SSSR count). The Kier molecular flexibility index (Phi) is 10.8. The Morgan fingerprint density at radius 2 is 1.75 bits per heavy atom. The number of amides is 3. The first-order chi connectivity index (χ1) is 19.0. The Morgan fingerprint density at radius 1 is 1.05 bits per heavy atom. The highest BCUT2D eigenvalue weighted by Gasteiger charge is 2.28. The van der Waals surface area contributed by atoms with E-state index >= 15 is 0 Å². The van der Waals surface area contributed by atoms with Crippen LogP contribution in [-0.4, -0.2) is 70.1 Å². The molecule has 2 aromatic carbocycles. The first-order valence-electron chi connectivity index (χ1n) is 13.1. The van der Waals surface area contributed by atoms with E-state index in [1.54, 1.807) is 25.2 Å². The molecule has 0 unspecified atom stereocenters. The van der Waals surface area contributed by atoms with E-state index in [1.807, 2.05) is 51.0 Å². The number of hydrogen-bond donors (Lipinski definition) is 4. The third-order valence-electron chi connectivity index (χ3n) is 6.15. The zero-order valence-electron chi connectivity index (χ0n) is 23.7. The van der Waals surface area contributed by atoms with Crippen LogP contribution in [-0.2, 0) is 9.59 Å². The van der Waals surface area contributed by atoms with Gasteiger partial charge in [0.2, 0.25) is 5.91 Å². The van der Waals surface area contributed by atoms with Crippen molar-refractivity contribution >= 4 is 35.0 Å². The van der Waals surface area contributed by atoms with Crippen LogP contribution < -0.4 is 30.7 Å². The molecule has 0 aliphatic carbocycles. The van der Waals surface area contributed by atoms with Crippen LogP contribution in [0.25, 0.3) is 0 Å². The molecular formula is C29H38ClN5O5. The maximum Gasteiger partial charge on any atom is 0.273 e. The van der Waals surface area contributed by atoms with Crippen molar-refractivity contribution in [3.05, 3.63) is 64.4 Å². The standard InChI is InChI=1S/C29H38ClN5O5/c1-29(2,18-32-27(37)21-15-19(30)16-23-26(21)40-14-13-39-23)17-24(36)34-25(22(31-3)11-12-35(4)5)28(38)33-20-9-7-6-8-10-20/h6-10,15-16,31H,11-14,17-18H2,1-5H3,(H,32,37)(H,33,38)(H,34,36)/b25-22+. The van der Waals surface area contributed by atoms with Gasteiger partial charge in [-0.15, -0.1) is 0 Å². The van der Waals surface area contributed by atoms with Gasteiger partial charge < -0.3 is 35.6 Å². The summed E-state index contributed by atoms with van der Waals surface area (Å²) in [6.07, 6.45) is 0.573. The molecule has 0 bridgehead atoms. The van der Waals surface area contributed by atoms with E-state index in [9.17, 15) is 14.4 Å². The minimum absolute atomic E-state index is 0.0489. The fraction of sp³-hybridized carbons (Fsp3) is 0.414. The van der Waals surface area contributed by atoms with Crippen molar-refractivity contribution < 1.29 is 23.9 Å². The third kappa shape index (κ3) is 8.89. The third-order valence-corrected chi connectivity index (χ3v) is 6.37. The minimum Gasteiger partial charge on any atom is -0.486 e. The highest BCUT2D eigenvalue weighted by Crippen LogP contribution is 2.37. The molecule has 2 aromatic rings. The van der Waals surface area contributed by atoms with Crippen LogP contribution in [0.1, 0.15) is 37.0 Å². The number of fused-ring (bicyclic) bond motifs is 1. The second-order valence-electron chi connectivity index (χ2n) is 10.5. The Balaban J connectivity index is 1.70. The number of nitrogens with one attached hydrogen (secondary N) is 4. The normalized spacial score (nSPS) is 13.3. The largest absolute Gasteiger partial charge is 0.486 e. The highest BCUT2D eigenvalue weighted by atomic mass is 35.5. The Hall–Kier alpha value is -3.76. The number of nitrogens with zero attached hydrogens (tertiary/aromatic N) is 1. The molecule has 0 atom stereocenters. The van der Waals surface area contributed by atoms with Crippen LogP contribution in [0.2, 0.25) is 5.02 Å². The van der Waals surface area contributed by atoms with Gasteiger partial charge in [-0.3, -0.25) is 14.4 Å². The molecule has 1 aliphatic heterocycles. The predicted octanol–water partition coefficient (Wildman–Crippen LogP) is 3.39. The van der Waals surface area contributed by atoms with Crippen molar-refractivity contribution in [1.82, 2.24) is 20.9 Å². The maximum absolute atomic E-state index is 13.2. The maximum atomic E-state index is 13.2. The summed E-state index contributed by atoms with van der Waals surface area (Å²) in [6.45, 7) is 5.29. The Labute approximate surface area is 240 Å². The minimum atomic E-state index is -0.639. The van der Waals surface area contributed by atoms with Crippen LogP contribution in [0.15, 0.2) is 53.9 Å². The van der Waals surface area contributed by atoms with E-state index in [0.717, 1.165) is 0 Å². The number of carbonyl (C=O) groups excluding carboxylic acids is 3. The van der Waals surface area contributed by atoms with Gasteiger partial charge in [-0.05, 0) is 37.7 Å². The molecule has 0 saturated carbocycles. The van der Waals surface area contributed by atoms with Crippen molar-refractivity contribution in [1.29, 1.82) is 0 Å². The molecule has 0 fully saturated rings. The summed E-state index contributed by atoms with van der Waals surface area (Å²) in [5.74, 6) is -0.402. The Bertz CT molecular complexity index is 1250. The summed E-state index contributed by atoms with van der Waals surface area (Å²) in [4.78, 5) is 41.5. The second-order valence-corrected chi connectivity index (χ2v) is 11.0. The van der Waals surface area contributed by atoms with Gasteiger partial charge in [0.05, 0.1) is 5.56 Å². The number of anilines is 1. The van der Waals surface area contributed by atoms with E-state index in [4.69, 9.17) is 21.1 Å². The number of ether oxygens (including phenoxy) is 2. The number of rotatable bonds is 12. The summed E-state index contributed by atoms with van der Waals surface area (Å²) in [5, 5.41) is 12.0. The molecule has 0 radical (unpaired) electrons. The van der Waals surface area contributed by atoms with Crippen LogP contribution in [0.3, 0.4) is 0 Å². The van der Waals surface area contributed by atoms with Crippen LogP contribution in [0.4, 0.5) is 5.69 Å². The molecule has 4 N–H and O–H groups in total. The first-order valence-corrected chi connectivity index (χ1v) is 13.5. The summed E-state index contributed by atoms with van der Waals surface area (Å²) in [6, 6.07) is 12.2. The SMILES string of the molecule is CN/C(CCN(C)C)=C(/NC(=O)CC(C)(C)CNC(=O)c1cc(Cl)cc2c1OCCO2)C(=O)Nc1ccccc1. The lowest BCUT2D eigenvalue weighted by Crippen LogP contribution is -2.40. The zero-order chi connectivity index (χ0) is 29.3. The smallest absolute Gasteiger partial charge is 0.273 e. The van der Waals surface area contributed by atoms with E-state index < -0.39 is 11.3 Å². The molecule has 11 heteroatoms. The summed E-state index contributed by atoms with van der Waals surface area (Å²) >= 11 is 6.17. The van der Waals surface area contributed by atoms with Gasteiger partial charge in [0.15, 0.2) is 11.5 Å². The van der Waals surface area contributed by atoms with Crippen LogP contribution >= 0.6 is 11.6 Å². The van der Waals surface area contributed by atoms with Gasteiger partial charge in [0, 0.05) is 55.5 Å². The van der Waals surface area contributed by atoms with Gasteiger partial charge in [0.25, 0.3) is 11.8 Å². The van der Waals surface area contributed by atoms with Crippen molar-refractivity contribution in [2.24, 2.45) is 5.41 Å². The lowest BCUT2D eigenvalue weighted by molar-refractivity contribution is -0.124. The number of carbonyl (C=O) groups is 3. The molecular weight excluding hydrogens is 534 g/mol. The topological polar surface area (TPSA) is 121 Å². The summed E-state index contributed by atoms with van der Waals surface area (Å²) < 4.78 is 11.2.